The van der Waals surface area contributed by atoms with Gasteiger partial charge in [-0.1, -0.05) is 53.7 Å². The largest absolute Gasteiger partial charge is 0.496 e. The highest BCUT2D eigenvalue weighted by Gasteiger charge is 2.27. The van der Waals surface area contributed by atoms with Crippen LogP contribution in [-0.4, -0.2) is 20.2 Å². The highest BCUT2D eigenvalue weighted by Crippen LogP contribution is 2.40. The molecule has 0 aliphatic rings. The molecule has 0 aliphatic carbocycles. The molecular weight excluding hydrogens is 284 g/mol. The van der Waals surface area contributed by atoms with Gasteiger partial charge >= 0.3 is 0 Å². The van der Waals surface area contributed by atoms with Crippen LogP contribution in [0.5, 0.6) is 5.75 Å². The fourth-order valence-corrected chi connectivity index (χ4v) is 2.87. The van der Waals surface area contributed by atoms with Crippen molar-refractivity contribution in [3.63, 3.8) is 0 Å². The van der Waals surface area contributed by atoms with Gasteiger partial charge in [0.2, 0.25) is 0 Å². The van der Waals surface area contributed by atoms with Crippen LogP contribution in [0, 0.1) is 5.92 Å². The summed E-state index contributed by atoms with van der Waals surface area (Å²) < 4.78 is 5.81. The van der Waals surface area contributed by atoms with Crippen LogP contribution in [0.15, 0.2) is 12.1 Å². The third kappa shape index (κ3) is 5.22. The second-order valence-electron chi connectivity index (χ2n) is 8.60. The number of nitrogens with two attached hydrogens (primary N) is 2. The van der Waals surface area contributed by atoms with E-state index in [0.717, 1.165) is 18.6 Å². The molecule has 23 heavy (non-hydrogen) atoms. The van der Waals surface area contributed by atoms with Crippen molar-refractivity contribution < 1.29 is 4.74 Å². The van der Waals surface area contributed by atoms with Crippen molar-refractivity contribution in [2.45, 2.75) is 65.2 Å². The van der Waals surface area contributed by atoms with Crippen molar-refractivity contribution in [2.75, 3.05) is 20.2 Å². The van der Waals surface area contributed by atoms with Crippen molar-refractivity contribution in [3.8, 4) is 5.75 Å². The molecule has 1 rings (SSSR count). The average Bonchev–Trinajstić information content (AvgIpc) is 2.45. The van der Waals surface area contributed by atoms with Crippen LogP contribution in [0.1, 0.15) is 64.7 Å². The third-order valence-corrected chi connectivity index (χ3v) is 4.48. The smallest absolute Gasteiger partial charge is 0.126 e. The molecule has 0 aliphatic heterocycles. The lowest BCUT2D eigenvalue weighted by Crippen LogP contribution is -2.24. The average molecular weight is 321 g/mol. The molecule has 0 saturated heterocycles. The lowest BCUT2D eigenvalue weighted by atomic mass is 9.77. The fraction of sp³-hybridized carbons (Fsp3) is 0.700. The Morgan fingerprint density at radius 2 is 1.35 bits per heavy atom. The zero-order valence-corrected chi connectivity index (χ0v) is 16.1. The van der Waals surface area contributed by atoms with Gasteiger partial charge in [-0.05, 0) is 48.2 Å². The molecule has 0 fully saturated rings. The van der Waals surface area contributed by atoms with Gasteiger partial charge in [-0.25, -0.2) is 0 Å². The Morgan fingerprint density at radius 1 is 0.913 bits per heavy atom. The molecule has 3 nitrogen and oxygen atoms in total. The fourth-order valence-electron chi connectivity index (χ4n) is 2.87. The first kappa shape index (κ1) is 20.0. The van der Waals surface area contributed by atoms with Crippen molar-refractivity contribution >= 4 is 0 Å². The number of ether oxygens (including phenoxy) is 1. The summed E-state index contributed by atoms with van der Waals surface area (Å²) >= 11 is 0. The molecule has 1 aromatic rings. The number of hydrogen-bond acceptors (Lipinski definition) is 3. The van der Waals surface area contributed by atoms with Crippen LogP contribution < -0.4 is 16.2 Å². The van der Waals surface area contributed by atoms with Crippen molar-refractivity contribution in [1.29, 1.82) is 0 Å². The third-order valence-electron chi connectivity index (χ3n) is 4.48. The summed E-state index contributed by atoms with van der Waals surface area (Å²) in [5, 5.41) is 0. The summed E-state index contributed by atoms with van der Waals surface area (Å²) in [5.41, 5.74) is 15.6. The van der Waals surface area contributed by atoms with Crippen LogP contribution in [0.2, 0.25) is 0 Å². The van der Waals surface area contributed by atoms with Crippen molar-refractivity contribution in [1.82, 2.24) is 0 Å². The summed E-state index contributed by atoms with van der Waals surface area (Å²) in [6.45, 7) is 14.8. The van der Waals surface area contributed by atoms with Crippen LogP contribution in [0.4, 0.5) is 0 Å². The van der Waals surface area contributed by atoms with Gasteiger partial charge < -0.3 is 16.2 Å². The van der Waals surface area contributed by atoms with E-state index < -0.39 is 0 Å². The Morgan fingerprint density at radius 3 is 1.65 bits per heavy atom. The second kappa shape index (κ2) is 7.67. The second-order valence-corrected chi connectivity index (χ2v) is 8.60. The lowest BCUT2D eigenvalue weighted by molar-refractivity contribution is 0.381. The number of aryl methyl sites for hydroxylation is 1. The van der Waals surface area contributed by atoms with Crippen LogP contribution in [0.25, 0.3) is 0 Å². The van der Waals surface area contributed by atoms with E-state index in [4.69, 9.17) is 16.2 Å². The van der Waals surface area contributed by atoms with Gasteiger partial charge in [0.25, 0.3) is 0 Å². The number of rotatable bonds is 6. The summed E-state index contributed by atoms with van der Waals surface area (Å²) in [7, 11) is 1.78. The molecule has 0 amide bonds. The molecule has 0 saturated carbocycles. The summed E-state index contributed by atoms with van der Waals surface area (Å²) in [6.07, 6.45) is 2.04. The molecule has 0 spiro atoms. The lowest BCUT2D eigenvalue weighted by Gasteiger charge is -2.30. The minimum atomic E-state index is 0.0441. The van der Waals surface area contributed by atoms with E-state index in [0.29, 0.717) is 19.0 Å². The normalized spacial score (nSPS) is 12.8. The SMILES string of the molecule is COc1c(C(C)(C)C)cc(CCC(CN)CN)cc1C(C)(C)C. The molecule has 3 heteroatoms. The highest BCUT2D eigenvalue weighted by molar-refractivity contribution is 5.50. The van der Waals surface area contributed by atoms with E-state index >= 15 is 0 Å². The minimum absolute atomic E-state index is 0.0441. The first-order valence-electron chi connectivity index (χ1n) is 8.66. The first-order valence-corrected chi connectivity index (χ1v) is 8.66. The molecule has 0 radical (unpaired) electrons. The number of methoxy groups -OCH3 is 1. The minimum Gasteiger partial charge on any atom is -0.496 e. The number of hydrogen-bond donors (Lipinski definition) is 2. The van der Waals surface area contributed by atoms with E-state index in [1.165, 1.54) is 16.7 Å². The molecule has 4 N–H and O–H groups in total. The van der Waals surface area contributed by atoms with Gasteiger partial charge in [0.1, 0.15) is 5.75 Å². The Balaban J connectivity index is 3.33. The molecule has 0 bridgehead atoms. The zero-order valence-electron chi connectivity index (χ0n) is 16.1. The van der Waals surface area contributed by atoms with E-state index in [2.05, 4.69) is 53.7 Å². The summed E-state index contributed by atoms with van der Waals surface area (Å²) in [6, 6.07) is 4.61. The topological polar surface area (TPSA) is 61.3 Å². The quantitative estimate of drug-likeness (QED) is 0.839. The van der Waals surface area contributed by atoms with E-state index in [-0.39, 0.29) is 10.8 Å². The van der Waals surface area contributed by atoms with Crippen LogP contribution in [-0.2, 0) is 17.3 Å². The van der Waals surface area contributed by atoms with Crippen LogP contribution >= 0.6 is 0 Å². The Bertz CT molecular complexity index is 470. The Hall–Kier alpha value is -1.06. The van der Waals surface area contributed by atoms with Gasteiger partial charge in [0, 0.05) is 11.1 Å². The van der Waals surface area contributed by atoms with Crippen molar-refractivity contribution in [3.05, 3.63) is 28.8 Å². The van der Waals surface area contributed by atoms with E-state index in [1.807, 2.05) is 0 Å². The van der Waals surface area contributed by atoms with Gasteiger partial charge in [-0.2, -0.15) is 0 Å². The van der Waals surface area contributed by atoms with Crippen molar-refractivity contribution in [2.24, 2.45) is 17.4 Å². The van der Waals surface area contributed by atoms with Gasteiger partial charge in [-0.15, -0.1) is 0 Å². The predicted octanol–water partition coefficient (Wildman–Crippen LogP) is 3.76. The molecule has 1 aromatic carbocycles. The zero-order chi connectivity index (χ0) is 17.8. The van der Waals surface area contributed by atoms with Crippen LogP contribution in [0.3, 0.4) is 0 Å². The highest BCUT2D eigenvalue weighted by atomic mass is 16.5. The molecular formula is C20H36N2O. The molecule has 0 atom stereocenters. The predicted molar refractivity (Wildman–Crippen MR) is 100 cm³/mol. The summed E-state index contributed by atoms with van der Waals surface area (Å²) in [4.78, 5) is 0. The maximum Gasteiger partial charge on any atom is 0.126 e. The maximum absolute atomic E-state index is 5.81. The van der Waals surface area contributed by atoms with Gasteiger partial charge in [0.15, 0.2) is 0 Å². The molecule has 0 aromatic heterocycles. The van der Waals surface area contributed by atoms with Gasteiger partial charge in [-0.3, -0.25) is 0 Å². The molecule has 0 heterocycles. The maximum atomic E-state index is 5.81. The monoisotopic (exact) mass is 320 g/mol. The molecule has 0 unspecified atom stereocenters. The van der Waals surface area contributed by atoms with E-state index in [1.54, 1.807) is 7.11 Å². The van der Waals surface area contributed by atoms with Gasteiger partial charge in [0.05, 0.1) is 7.11 Å². The standard InChI is InChI=1S/C20H36N2O/c1-19(2,3)16-10-14(8-9-15(12-21)13-22)11-17(18(16)23-7)20(4,5)6/h10-11,15H,8-9,12-13,21-22H2,1-7H3. The Labute approximate surface area is 142 Å². The summed E-state index contributed by atoms with van der Waals surface area (Å²) in [5.74, 6) is 1.43. The van der Waals surface area contributed by atoms with E-state index in [9.17, 15) is 0 Å². The number of benzene rings is 1. The molecule has 132 valence electrons. The Kier molecular flexibility index (Phi) is 6.67. The first-order chi connectivity index (χ1) is 10.5.